The highest BCUT2D eigenvalue weighted by atomic mass is 16.6. The van der Waals surface area contributed by atoms with Gasteiger partial charge in [-0.2, -0.15) is 0 Å². The van der Waals surface area contributed by atoms with E-state index >= 15 is 0 Å². The number of carbonyl (C=O) groups excluding carboxylic acids is 2. The van der Waals surface area contributed by atoms with Crippen molar-refractivity contribution in [1.29, 1.82) is 0 Å². The summed E-state index contributed by atoms with van der Waals surface area (Å²) in [5.74, 6) is -0.741. The van der Waals surface area contributed by atoms with Crippen LogP contribution in [0.15, 0.2) is 24.3 Å². The van der Waals surface area contributed by atoms with Gasteiger partial charge in [0, 0.05) is 12.0 Å². The summed E-state index contributed by atoms with van der Waals surface area (Å²) >= 11 is 0. The normalized spacial score (nSPS) is 15.8. The number of nitrogens with one attached hydrogen (secondary N) is 1. The van der Waals surface area contributed by atoms with Gasteiger partial charge in [-0.15, -0.1) is 0 Å². The fourth-order valence-corrected chi connectivity index (χ4v) is 3.14. The summed E-state index contributed by atoms with van der Waals surface area (Å²) in [6.07, 6.45) is 3.21. The van der Waals surface area contributed by atoms with Crippen molar-refractivity contribution in [2.24, 2.45) is 5.92 Å². The predicted octanol–water partition coefficient (Wildman–Crippen LogP) is 3.28. The Morgan fingerprint density at radius 2 is 1.92 bits per heavy atom. The van der Waals surface area contributed by atoms with Crippen molar-refractivity contribution >= 4 is 17.6 Å². The lowest BCUT2D eigenvalue weighted by atomic mass is 9.99. The highest BCUT2D eigenvalue weighted by Crippen LogP contribution is 2.30. The molecule has 1 aliphatic carbocycles. The standard InChI is InChI=1S/C18H24N2O5/c1-12(2)25-17(21)11-15(19-18(22)13-7-3-4-8-13)14-9-5-6-10-16(14)20(23)24/h5-6,9-10,12-13,15H,3-4,7-8,11H2,1-2H3,(H,19,22). The average molecular weight is 348 g/mol. The molecular weight excluding hydrogens is 324 g/mol. The van der Waals surface area contributed by atoms with E-state index in [-0.39, 0.29) is 30.0 Å². The van der Waals surface area contributed by atoms with Crippen molar-refractivity contribution in [2.45, 2.75) is 58.1 Å². The quantitative estimate of drug-likeness (QED) is 0.463. The van der Waals surface area contributed by atoms with Gasteiger partial charge in [0.15, 0.2) is 0 Å². The maximum absolute atomic E-state index is 12.5. The van der Waals surface area contributed by atoms with Crippen LogP contribution in [-0.2, 0) is 14.3 Å². The zero-order valence-corrected chi connectivity index (χ0v) is 14.6. The van der Waals surface area contributed by atoms with Gasteiger partial charge in [-0.3, -0.25) is 19.7 Å². The van der Waals surface area contributed by atoms with Crippen LogP contribution in [0, 0.1) is 16.0 Å². The molecule has 1 aliphatic rings. The van der Waals surface area contributed by atoms with Gasteiger partial charge in [0.1, 0.15) is 0 Å². The molecular formula is C18H24N2O5. The molecule has 1 aromatic rings. The van der Waals surface area contributed by atoms with Crippen LogP contribution in [0.2, 0.25) is 0 Å². The number of rotatable bonds is 7. The minimum atomic E-state index is -0.777. The minimum Gasteiger partial charge on any atom is -0.463 e. The Kier molecular flexibility index (Phi) is 6.50. The zero-order valence-electron chi connectivity index (χ0n) is 14.6. The number of hydrogen-bond donors (Lipinski definition) is 1. The lowest BCUT2D eigenvalue weighted by Gasteiger charge is -2.21. The number of nitrogens with zero attached hydrogens (tertiary/aromatic N) is 1. The number of para-hydroxylation sites is 1. The Balaban J connectivity index is 2.23. The summed E-state index contributed by atoms with van der Waals surface area (Å²) in [5.41, 5.74) is 0.205. The highest BCUT2D eigenvalue weighted by Gasteiger charge is 2.30. The van der Waals surface area contributed by atoms with E-state index in [1.807, 2.05) is 0 Å². The third-order valence-electron chi connectivity index (χ3n) is 4.29. The van der Waals surface area contributed by atoms with Crippen molar-refractivity contribution in [2.75, 3.05) is 0 Å². The molecule has 0 heterocycles. The summed E-state index contributed by atoms with van der Waals surface area (Å²) in [7, 11) is 0. The van der Waals surface area contributed by atoms with Crippen LogP contribution in [0.5, 0.6) is 0 Å². The molecule has 0 saturated heterocycles. The SMILES string of the molecule is CC(C)OC(=O)CC(NC(=O)C1CCCC1)c1ccccc1[N+](=O)[O-]. The van der Waals surface area contributed by atoms with Gasteiger partial charge >= 0.3 is 5.97 Å². The first kappa shape index (κ1) is 18.9. The van der Waals surface area contributed by atoms with Crippen LogP contribution < -0.4 is 5.32 Å². The van der Waals surface area contributed by atoms with Gasteiger partial charge in [-0.1, -0.05) is 31.0 Å². The van der Waals surface area contributed by atoms with E-state index in [4.69, 9.17) is 4.74 Å². The van der Waals surface area contributed by atoms with E-state index in [0.29, 0.717) is 5.56 Å². The number of esters is 1. The fourth-order valence-electron chi connectivity index (χ4n) is 3.14. The van der Waals surface area contributed by atoms with Gasteiger partial charge < -0.3 is 10.1 Å². The van der Waals surface area contributed by atoms with Crippen molar-refractivity contribution in [1.82, 2.24) is 5.32 Å². The van der Waals surface area contributed by atoms with Crippen molar-refractivity contribution in [3.63, 3.8) is 0 Å². The van der Waals surface area contributed by atoms with Gasteiger partial charge in [0.25, 0.3) is 5.69 Å². The monoisotopic (exact) mass is 348 g/mol. The minimum absolute atomic E-state index is 0.0913. The summed E-state index contributed by atoms with van der Waals surface area (Å²) in [6.45, 7) is 3.46. The number of nitro benzene ring substituents is 1. The molecule has 1 atom stereocenters. The molecule has 25 heavy (non-hydrogen) atoms. The summed E-state index contributed by atoms with van der Waals surface area (Å²) < 4.78 is 5.15. The second kappa shape index (κ2) is 8.60. The highest BCUT2D eigenvalue weighted by molar-refractivity contribution is 5.80. The Hall–Kier alpha value is -2.44. The molecule has 1 saturated carbocycles. The Morgan fingerprint density at radius 1 is 1.28 bits per heavy atom. The van der Waals surface area contributed by atoms with Crippen LogP contribution in [0.25, 0.3) is 0 Å². The van der Waals surface area contributed by atoms with Crippen LogP contribution in [0.3, 0.4) is 0 Å². The lowest BCUT2D eigenvalue weighted by molar-refractivity contribution is -0.385. The average Bonchev–Trinajstić information content (AvgIpc) is 3.08. The van der Waals surface area contributed by atoms with Crippen LogP contribution in [0.1, 0.15) is 57.6 Å². The molecule has 2 rings (SSSR count). The number of nitro groups is 1. The van der Waals surface area contributed by atoms with E-state index in [1.54, 1.807) is 32.0 Å². The number of amides is 1. The maximum Gasteiger partial charge on any atom is 0.308 e. The zero-order chi connectivity index (χ0) is 18.4. The largest absolute Gasteiger partial charge is 0.463 e. The summed E-state index contributed by atoms with van der Waals surface area (Å²) in [4.78, 5) is 35.4. The molecule has 0 spiro atoms. The second-order valence-electron chi connectivity index (χ2n) is 6.60. The second-order valence-corrected chi connectivity index (χ2v) is 6.60. The van der Waals surface area contributed by atoms with Crippen molar-refractivity contribution in [3.8, 4) is 0 Å². The molecule has 1 N–H and O–H groups in total. The number of benzene rings is 1. The van der Waals surface area contributed by atoms with Gasteiger partial charge in [-0.05, 0) is 26.7 Å². The van der Waals surface area contributed by atoms with Crippen molar-refractivity contribution in [3.05, 3.63) is 39.9 Å². The molecule has 0 aromatic heterocycles. The first-order valence-corrected chi connectivity index (χ1v) is 8.61. The topological polar surface area (TPSA) is 98.5 Å². The first-order chi connectivity index (χ1) is 11.9. The van der Waals surface area contributed by atoms with Crippen LogP contribution in [-0.4, -0.2) is 22.9 Å². The maximum atomic E-state index is 12.5. The Labute approximate surface area is 146 Å². The van der Waals surface area contributed by atoms with Crippen LogP contribution >= 0.6 is 0 Å². The molecule has 136 valence electrons. The third kappa shape index (κ3) is 5.27. The summed E-state index contributed by atoms with van der Waals surface area (Å²) in [5, 5.41) is 14.1. The molecule has 0 bridgehead atoms. The molecule has 7 heteroatoms. The number of carbonyl (C=O) groups is 2. The van der Waals surface area contributed by atoms with Gasteiger partial charge in [-0.25, -0.2) is 0 Å². The first-order valence-electron chi connectivity index (χ1n) is 8.61. The van der Waals surface area contributed by atoms with Gasteiger partial charge in [0.2, 0.25) is 5.91 Å². The van der Waals surface area contributed by atoms with Crippen molar-refractivity contribution < 1.29 is 19.2 Å². The fraction of sp³-hybridized carbons (Fsp3) is 0.556. The molecule has 0 radical (unpaired) electrons. The van der Waals surface area contributed by atoms with E-state index in [9.17, 15) is 19.7 Å². The van der Waals surface area contributed by atoms with E-state index in [0.717, 1.165) is 25.7 Å². The smallest absolute Gasteiger partial charge is 0.308 e. The predicted molar refractivity (Wildman–Crippen MR) is 91.8 cm³/mol. The number of hydrogen-bond acceptors (Lipinski definition) is 5. The summed E-state index contributed by atoms with van der Waals surface area (Å²) in [6, 6.07) is 5.38. The molecule has 7 nitrogen and oxygen atoms in total. The van der Waals surface area contributed by atoms with E-state index in [2.05, 4.69) is 5.32 Å². The van der Waals surface area contributed by atoms with E-state index in [1.165, 1.54) is 6.07 Å². The number of ether oxygens (including phenoxy) is 1. The van der Waals surface area contributed by atoms with E-state index < -0.39 is 16.9 Å². The lowest BCUT2D eigenvalue weighted by Crippen LogP contribution is -2.35. The molecule has 1 amide bonds. The third-order valence-corrected chi connectivity index (χ3v) is 4.29. The Bertz CT molecular complexity index is 638. The molecule has 0 aliphatic heterocycles. The van der Waals surface area contributed by atoms with Crippen LogP contribution in [0.4, 0.5) is 5.69 Å². The molecule has 1 aromatic carbocycles. The Morgan fingerprint density at radius 3 is 2.52 bits per heavy atom. The molecule has 1 unspecified atom stereocenters. The van der Waals surface area contributed by atoms with Gasteiger partial charge in [0.05, 0.1) is 29.1 Å². The molecule has 1 fully saturated rings.